The first-order chi connectivity index (χ1) is 14.4. The smallest absolute Gasteiger partial charge is 0.228 e. The number of anilines is 1. The van der Waals surface area contributed by atoms with Crippen molar-refractivity contribution in [1.29, 1.82) is 0 Å². The molecule has 4 heterocycles. The van der Waals surface area contributed by atoms with E-state index in [1.165, 1.54) is 5.56 Å². The van der Waals surface area contributed by atoms with E-state index >= 15 is 0 Å². The molecule has 0 saturated carbocycles. The molecule has 1 aliphatic heterocycles. The van der Waals surface area contributed by atoms with Gasteiger partial charge in [-0.2, -0.15) is 5.10 Å². The molecule has 1 aliphatic rings. The largest absolute Gasteiger partial charge is 0.310 e. The van der Waals surface area contributed by atoms with E-state index in [1.807, 2.05) is 17.8 Å². The minimum absolute atomic E-state index is 0.0608. The lowest BCUT2D eigenvalue weighted by Crippen LogP contribution is -2.32. The van der Waals surface area contributed by atoms with E-state index in [2.05, 4.69) is 44.9 Å². The molecule has 31 heavy (non-hydrogen) atoms. The summed E-state index contributed by atoms with van der Waals surface area (Å²) in [6.45, 7) is 11.0. The SMILES string of the molecule is Cn1nc(CC(C)(C)C)c2c1NC(=O)C(CCC(C)(C)c1nc3c(Cl)nccc3s1)C2. The highest BCUT2D eigenvalue weighted by Gasteiger charge is 2.34. The summed E-state index contributed by atoms with van der Waals surface area (Å²) < 4.78 is 2.86. The van der Waals surface area contributed by atoms with Gasteiger partial charge in [0, 0.05) is 30.1 Å². The highest BCUT2D eigenvalue weighted by atomic mass is 35.5. The molecule has 0 saturated heterocycles. The van der Waals surface area contributed by atoms with Crippen LogP contribution in [0, 0.1) is 11.3 Å². The minimum Gasteiger partial charge on any atom is -0.310 e. The standard InChI is InChI=1S/C23H30ClN5OS/c1-22(2,3)12-15-14-11-13(20(30)27-19(14)29(6)28-15)7-9-23(4,5)21-26-17-16(31-21)8-10-25-18(17)24/h8,10,13H,7,9,11-12H2,1-6H3,(H,27,30). The molecule has 3 aromatic rings. The number of nitrogens with zero attached hydrogens (tertiary/aromatic N) is 4. The van der Waals surface area contributed by atoms with E-state index in [1.54, 1.807) is 17.5 Å². The second kappa shape index (κ2) is 7.85. The van der Waals surface area contributed by atoms with Crippen LogP contribution in [-0.2, 0) is 30.1 Å². The third kappa shape index (κ3) is 4.48. The number of amides is 1. The Morgan fingerprint density at radius 1 is 1.29 bits per heavy atom. The van der Waals surface area contributed by atoms with Crippen LogP contribution in [0.25, 0.3) is 10.2 Å². The molecular formula is C23H30ClN5OS. The number of fused-ring (bicyclic) bond motifs is 2. The van der Waals surface area contributed by atoms with Crippen LogP contribution < -0.4 is 5.32 Å². The van der Waals surface area contributed by atoms with Crippen LogP contribution in [0.15, 0.2) is 12.3 Å². The zero-order chi connectivity index (χ0) is 22.6. The fourth-order valence-electron chi connectivity index (χ4n) is 4.19. The molecule has 1 N–H and O–H groups in total. The quantitative estimate of drug-likeness (QED) is 0.508. The Morgan fingerprint density at radius 3 is 2.71 bits per heavy atom. The topological polar surface area (TPSA) is 72.7 Å². The van der Waals surface area contributed by atoms with Crippen molar-refractivity contribution in [3.63, 3.8) is 0 Å². The Labute approximate surface area is 192 Å². The predicted molar refractivity (Wildman–Crippen MR) is 127 cm³/mol. The molecule has 0 bridgehead atoms. The highest BCUT2D eigenvalue weighted by Crippen LogP contribution is 2.39. The fraction of sp³-hybridized carbons (Fsp3) is 0.565. The maximum absolute atomic E-state index is 12.9. The van der Waals surface area contributed by atoms with Crippen LogP contribution in [0.2, 0.25) is 5.15 Å². The third-order valence-electron chi connectivity index (χ3n) is 5.95. The number of hydrogen-bond donors (Lipinski definition) is 1. The van der Waals surface area contributed by atoms with Crippen LogP contribution in [0.5, 0.6) is 0 Å². The van der Waals surface area contributed by atoms with Crippen LogP contribution >= 0.6 is 22.9 Å². The Kier molecular flexibility index (Phi) is 5.63. The Bertz CT molecular complexity index is 1140. The normalized spacial score (nSPS) is 17.1. The maximum atomic E-state index is 12.9. The van der Waals surface area contributed by atoms with E-state index in [-0.39, 0.29) is 22.7 Å². The van der Waals surface area contributed by atoms with E-state index in [0.29, 0.717) is 5.15 Å². The van der Waals surface area contributed by atoms with Crippen molar-refractivity contribution < 1.29 is 4.79 Å². The van der Waals surface area contributed by atoms with Gasteiger partial charge in [-0.25, -0.2) is 9.97 Å². The molecule has 1 amide bonds. The molecule has 0 spiro atoms. The summed E-state index contributed by atoms with van der Waals surface area (Å²) in [5.74, 6) is 0.882. The molecular weight excluding hydrogens is 430 g/mol. The molecule has 0 aliphatic carbocycles. The first-order valence-corrected chi connectivity index (χ1v) is 11.9. The van der Waals surface area contributed by atoms with Crippen LogP contribution in [0.1, 0.15) is 63.7 Å². The van der Waals surface area contributed by atoms with Gasteiger partial charge in [0.1, 0.15) is 11.3 Å². The summed E-state index contributed by atoms with van der Waals surface area (Å²) in [7, 11) is 1.90. The number of aryl methyl sites for hydroxylation is 1. The van der Waals surface area contributed by atoms with Crippen LogP contribution in [0.3, 0.4) is 0 Å². The number of pyridine rings is 1. The number of thiazole rings is 1. The van der Waals surface area contributed by atoms with Crippen molar-refractivity contribution in [3.8, 4) is 0 Å². The zero-order valence-corrected chi connectivity index (χ0v) is 20.6. The molecule has 8 heteroatoms. The van der Waals surface area contributed by atoms with Crippen molar-refractivity contribution >= 4 is 44.9 Å². The summed E-state index contributed by atoms with van der Waals surface area (Å²) in [5, 5.41) is 9.30. The molecule has 0 fully saturated rings. The van der Waals surface area contributed by atoms with Gasteiger partial charge in [-0.3, -0.25) is 9.48 Å². The molecule has 0 aromatic carbocycles. The third-order valence-corrected chi connectivity index (χ3v) is 7.61. The summed E-state index contributed by atoms with van der Waals surface area (Å²) in [5.41, 5.74) is 3.04. The highest BCUT2D eigenvalue weighted by molar-refractivity contribution is 7.18. The van der Waals surface area contributed by atoms with Crippen molar-refractivity contribution in [2.45, 2.75) is 65.7 Å². The van der Waals surface area contributed by atoms with Gasteiger partial charge < -0.3 is 5.32 Å². The zero-order valence-electron chi connectivity index (χ0n) is 19.0. The molecule has 1 unspecified atom stereocenters. The van der Waals surface area contributed by atoms with Gasteiger partial charge in [0.2, 0.25) is 5.91 Å². The first kappa shape index (κ1) is 22.2. The van der Waals surface area contributed by atoms with Gasteiger partial charge in [-0.05, 0) is 37.2 Å². The van der Waals surface area contributed by atoms with E-state index in [4.69, 9.17) is 21.7 Å². The van der Waals surface area contributed by atoms with E-state index in [0.717, 1.165) is 52.4 Å². The minimum atomic E-state index is -0.156. The van der Waals surface area contributed by atoms with Gasteiger partial charge in [0.25, 0.3) is 0 Å². The number of rotatable bonds is 5. The first-order valence-electron chi connectivity index (χ1n) is 10.7. The lowest BCUT2D eigenvalue weighted by molar-refractivity contribution is -0.120. The maximum Gasteiger partial charge on any atom is 0.228 e. The predicted octanol–water partition coefficient (Wildman–Crippen LogP) is 5.54. The molecule has 6 nitrogen and oxygen atoms in total. The van der Waals surface area contributed by atoms with Crippen molar-refractivity contribution in [2.24, 2.45) is 18.4 Å². The Balaban J connectivity index is 1.52. The van der Waals surface area contributed by atoms with Crippen LogP contribution in [0.4, 0.5) is 5.82 Å². The number of nitrogens with one attached hydrogen (secondary N) is 1. The number of halogens is 1. The van der Waals surface area contributed by atoms with Gasteiger partial charge in [-0.15, -0.1) is 11.3 Å². The summed E-state index contributed by atoms with van der Waals surface area (Å²) >= 11 is 7.88. The van der Waals surface area contributed by atoms with Gasteiger partial charge in [0.05, 0.1) is 15.4 Å². The average Bonchev–Trinajstić information content (AvgIpc) is 3.22. The fourth-order valence-corrected chi connectivity index (χ4v) is 5.53. The molecule has 3 aromatic heterocycles. The molecule has 0 radical (unpaired) electrons. The summed E-state index contributed by atoms with van der Waals surface area (Å²) in [4.78, 5) is 21.8. The summed E-state index contributed by atoms with van der Waals surface area (Å²) in [6.07, 6.45) is 5.01. The monoisotopic (exact) mass is 459 g/mol. The van der Waals surface area contributed by atoms with Gasteiger partial charge in [-0.1, -0.05) is 46.2 Å². The van der Waals surface area contributed by atoms with Crippen molar-refractivity contribution in [2.75, 3.05) is 5.32 Å². The van der Waals surface area contributed by atoms with Gasteiger partial charge >= 0.3 is 0 Å². The number of carbonyl (C=O) groups excluding carboxylic acids is 1. The second-order valence-corrected chi connectivity index (χ2v) is 11.8. The lowest BCUT2D eigenvalue weighted by atomic mass is 9.81. The molecule has 4 rings (SSSR count). The second-order valence-electron chi connectivity index (χ2n) is 10.4. The van der Waals surface area contributed by atoms with Gasteiger partial charge in [0.15, 0.2) is 5.15 Å². The Morgan fingerprint density at radius 2 is 2.03 bits per heavy atom. The van der Waals surface area contributed by atoms with Crippen molar-refractivity contribution in [3.05, 3.63) is 33.7 Å². The van der Waals surface area contributed by atoms with E-state index in [9.17, 15) is 4.79 Å². The molecule has 1 atom stereocenters. The lowest BCUT2D eigenvalue weighted by Gasteiger charge is -2.28. The van der Waals surface area contributed by atoms with E-state index < -0.39 is 0 Å². The average molecular weight is 460 g/mol. The molecule has 166 valence electrons. The Hall–Kier alpha value is -1.99. The number of carbonyl (C=O) groups is 1. The van der Waals surface area contributed by atoms with Crippen molar-refractivity contribution in [1.82, 2.24) is 19.7 Å². The van der Waals surface area contributed by atoms with Crippen LogP contribution in [-0.4, -0.2) is 25.7 Å². The summed E-state index contributed by atoms with van der Waals surface area (Å²) in [6, 6.07) is 1.95. The number of hydrogen-bond acceptors (Lipinski definition) is 5. The number of aromatic nitrogens is 4.